The van der Waals surface area contributed by atoms with E-state index in [0.717, 1.165) is 25.1 Å². The molecule has 0 bridgehead atoms. The number of aromatic nitrogens is 3. The molecule has 0 radical (unpaired) electrons. The predicted octanol–water partition coefficient (Wildman–Crippen LogP) is 0.946. The van der Waals surface area contributed by atoms with E-state index >= 15 is 0 Å². The van der Waals surface area contributed by atoms with Gasteiger partial charge in [-0.2, -0.15) is 4.98 Å². The molecule has 3 rings (SSSR count). The van der Waals surface area contributed by atoms with Crippen molar-refractivity contribution in [2.45, 2.75) is 13.0 Å². The third-order valence-corrected chi connectivity index (χ3v) is 3.37. The molecule has 1 aliphatic heterocycles. The van der Waals surface area contributed by atoms with E-state index in [1.165, 1.54) is 0 Å². The first kappa shape index (κ1) is 12.3. The number of likely N-dealkylation sites (tertiary alicyclic amines) is 1. The summed E-state index contributed by atoms with van der Waals surface area (Å²) in [5.74, 6) is 1.55. The molecule has 0 aliphatic carbocycles. The normalized spacial score (nSPS) is 19.9. The molecular formula is C13H16N4O2. The Balaban J connectivity index is 1.66. The average Bonchev–Trinajstić information content (AvgIpc) is 3.09. The van der Waals surface area contributed by atoms with E-state index in [9.17, 15) is 0 Å². The summed E-state index contributed by atoms with van der Waals surface area (Å²) in [6.07, 6.45) is 4.45. The highest BCUT2D eigenvalue weighted by Crippen LogP contribution is 2.19. The smallest absolute Gasteiger partial charge is 0.241 e. The summed E-state index contributed by atoms with van der Waals surface area (Å²) in [7, 11) is 0. The third-order valence-electron chi connectivity index (χ3n) is 3.37. The largest absolute Gasteiger partial charge is 0.396 e. The van der Waals surface area contributed by atoms with Gasteiger partial charge < -0.3 is 9.63 Å². The lowest BCUT2D eigenvalue weighted by Crippen LogP contribution is -2.21. The Morgan fingerprint density at radius 1 is 1.47 bits per heavy atom. The Labute approximate surface area is 111 Å². The van der Waals surface area contributed by atoms with Crippen LogP contribution in [0.4, 0.5) is 0 Å². The maximum atomic E-state index is 9.12. The molecule has 3 heterocycles. The van der Waals surface area contributed by atoms with Crippen LogP contribution >= 0.6 is 0 Å². The van der Waals surface area contributed by atoms with Crippen LogP contribution in [-0.4, -0.2) is 44.8 Å². The summed E-state index contributed by atoms with van der Waals surface area (Å²) in [4.78, 5) is 10.6. The summed E-state index contributed by atoms with van der Waals surface area (Å²) in [6.45, 7) is 2.75. The fraction of sp³-hybridized carbons (Fsp3) is 0.462. The number of aliphatic hydroxyl groups excluding tert-OH is 1. The molecule has 1 atom stereocenters. The molecule has 1 fully saturated rings. The minimum atomic E-state index is 0.251. The Hall–Kier alpha value is -1.79. The Kier molecular flexibility index (Phi) is 3.52. The van der Waals surface area contributed by atoms with Gasteiger partial charge in [-0.1, -0.05) is 5.16 Å². The minimum Gasteiger partial charge on any atom is -0.396 e. The summed E-state index contributed by atoms with van der Waals surface area (Å²) in [5.41, 5.74) is 0.854. The second kappa shape index (κ2) is 5.46. The van der Waals surface area contributed by atoms with Crippen LogP contribution in [0.5, 0.6) is 0 Å². The molecule has 6 heteroatoms. The zero-order valence-corrected chi connectivity index (χ0v) is 10.6. The predicted molar refractivity (Wildman–Crippen MR) is 68.0 cm³/mol. The maximum absolute atomic E-state index is 9.12. The van der Waals surface area contributed by atoms with Gasteiger partial charge in [0.2, 0.25) is 11.7 Å². The van der Waals surface area contributed by atoms with Gasteiger partial charge in [0, 0.05) is 31.1 Å². The fourth-order valence-corrected chi connectivity index (χ4v) is 2.33. The van der Waals surface area contributed by atoms with Gasteiger partial charge in [-0.05, 0) is 31.0 Å². The highest BCUT2D eigenvalue weighted by Gasteiger charge is 2.23. The van der Waals surface area contributed by atoms with Gasteiger partial charge in [0.1, 0.15) is 0 Å². The Bertz CT molecular complexity index is 528. The summed E-state index contributed by atoms with van der Waals surface area (Å²) in [5, 5.41) is 13.1. The third kappa shape index (κ3) is 2.80. The van der Waals surface area contributed by atoms with Crippen LogP contribution in [0.1, 0.15) is 12.3 Å². The topological polar surface area (TPSA) is 75.3 Å². The SMILES string of the molecule is OCC1CCN(Cc2nc(-c3cccnc3)no2)C1. The average molecular weight is 260 g/mol. The van der Waals surface area contributed by atoms with Crippen LogP contribution in [0.25, 0.3) is 11.4 Å². The second-order valence-corrected chi connectivity index (χ2v) is 4.83. The van der Waals surface area contributed by atoms with Crippen molar-refractivity contribution in [1.29, 1.82) is 0 Å². The van der Waals surface area contributed by atoms with Crippen molar-refractivity contribution >= 4 is 0 Å². The molecule has 0 amide bonds. The molecule has 1 saturated heterocycles. The first-order valence-electron chi connectivity index (χ1n) is 6.41. The summed E-state index contributed by atoms with van der Waals surface area (Å²) >= 11 is 0. The van der Waals surface area contributed by atoms with Gasteiger partial charge in [-0.3, -0.25) is 9.88 Å². The number of aliphatic hydroxyl groups is 1. The number of pyridine rings is 1. The van der Waals surface area contributed by atoms with Gasteiger partial charge in [-0.15, -0.1) is 0 Å². The molecule has 100 valence electrons. The second-order valence-electron chi connectivity index (χ2n) is 4.83. The van der Waals surface area contributed by atoms with E-state index in [1.807, 2.05) is 12.1 Å². The van der Waals surface area contributed by atoms with E-state index < -0.39 is 0 Å². The Morgan fingerprint density at radius 3 is 3.16 bits per heavy atom. The van der Waals surface area contributed by atoms with Gasteiger partial charge in [0.05, 0.1) is 6.54 Å². The van der Waals surface area contributed by atoms with Crippen molar-refractivity contribution in [2.24, 2.45) is 5.92 Å². The molecule has 1 N–H and O–H groups in total. The first-order chi connectivity index (χ1) is 9.35. The van der Waals surface area contributed by atoms with E-state index in [1.54, 1.807) is 12.4 Å². The van der Waals surface area contributed by atoms with Gasteiger partial charge >= 0.3 is 0 Å². The van der Waals surface area contributed by atoms with Gasteiger partial charge in [0.25, 0.3) is 0 Å². The van der Waals surface area contributed by atoms with Crippen molar-refractivity contribution in [1.82, 2.24) is 20.0 Å². The van der Waals surface area contributed by atoms with E-state index in [4.69, 9.17) is 9.63 Å². The van der Waals surface area contributed by atoms with Crippen molar-refractivity contribution in [2.75, 3.05) is 19.7 Å². The number of hydrogen-bond donors (Lipinski definition) is 1. The molecule has 2 aromatic heterocycles. The van der Waals surface area contributed by atoms with Gasteiger partial charge in [0.15, 0.2) is 0 Å². The van der Waals surface area contributed by atoms with Crippen LogP contribution in [0.3, 0.4) is 0 Å². The lowest BCUT2D eigenvalue weighted by Gasteiger charge is -2.11. The van der Waals surface area contributed by atoms with Crippen molar-refractivity contribution in [3.63, 3.8) is 0 Å². The molecule has 1 unspecified atom stereocenters. The molecule has 6 nitrogen and oxygen atoms in total. The highest BCUT2D eigenvalue weighted by atomic mass is 16.5. The number of nitrogens with zero attached hydrogens (tertiary/aromatic N) is 4. The quantitative estimate of drug-likeness (QED) is 0.882. The molecule has 0 saturated carbocycles. The first-order valence-corrected chi connectivity index (χ1v) is 6.41. The molecule has 1 aliphatic rings. The van der Waals surface area contributed by atoms with E-state index in [0.29, 0.717) is 24.2 Å². The van der Waals surface area contributed by atoms with Crippen molar-refractivity contribution in [3.05, 3.63) is 30.4 Å². The molecule has 0 spiro atoms. The molecular weight excluding hydrogens is 244 g/mol. The van der Waals surface area contributed by atoms with E-state index in [-0.39, 0.29) is 6.61 Å². The van der Waals surface area contributed by atoms with Crippen LogP contribution in [0, 0.1) is 5.92 Å². The van der Waals surface area contributed by atoms with Crippen molar-refractivity contribution < 1.29 is 9.63 Å². The molecule has 0 aromatic carbocycles. The maximum Gasteiger partial charge on any atom is 0.241 e. The lowest BCUT2D eigenvalue weighted by atomic mass is 10.1. The Morgan fingerprint density at radius 2 is 2.42 bits per heavy atom. The summed E-state index contributed by atoms with van der Waals surface area (Å²) < 4.78 is 5.26. The monoisotopic (exact) mass is 260 g/mol. The van der Waals surface area contributed by atoms with Crippen LogP contribution in [-0.2, 0) is 6.54 Å². The molecule has 19 heavy (non-hydrogen) atoms. The lowest BCUT2D eigenvalue weighted by molar-refractivity contribution is 0.211. The van der Waals surface area contributed by atoms with Crippen molar-refractivity contribution in [3.8, 4) is 11.4 Å². The minimum absolute atomic E-state index is 0.251. The fourth-order valence-electron chi connectivity index (χ4n) is 2.33. The van der Waals surface area contributed by atoms with E-state index in [2.05, 4.69) is 20.0 Å². The zero-order chi connectivity index (χ0) is 13.1. The standard InChI is InChI=1S/C13H16N4O2/c18-9-10-3-5-17(7-10)8-12-15-13(16-19-12)11-2-1-4-14-6-11/h1-2,4,6,10,18H,3,5,7-9H2. The number of rotatable bonds is 4. The van der Waals surface area contributed by atoms with Crippen LogP contribution < -0.4 is 0 Å². The number of hydrogen-bond acceptors (Lipinski definition) is 6. The van der Waals surface area contributed by atoms with Gasteiger partial charge in [-0.25, -0.2) is 0 Å². The van der Waals surface area contributed by atoms with Crippen LogP contribution in [0.15, 0.2) is 29.0 Å². The zero-order valence-electron chi connectivity index (χ0n) is 10.6. The highest BCUT2D eigenvalue weighted by molar-refractivity contribution is 5.51. The molecule has 2 aromatic rings. The van der Waals surface area contributed by atoms with Crippen LogP contribution in [0.2, 0.25) is 0 Å². The summed E-state index contributed by atoms with van der Waals surface area (Å²) in [6, 6.07) is 3.75.